The summed E-state index contributed by atoms with van der Waals surface area (Å²) in [4.78, 5) is 10.3. The second-order valence-corrected chi connectivity index (χ2v) is 7.63. The third-order valence-electron chi connectivity index (χ3n) is 4.30. The van der Waals surface area contributed by atoms with Crippen LogP contribution in [0.5, 0.6) is 0 Å². The highest BCUT2D eigenvalue weighted by atomic mass is 32.2. The molecule has 2 aromatic rings. The highest BCUT2D eigenvalue weighted by molar-refractivity contribution is 7.99. The van der Waals surface area contributed by atoms with E-state index in [0.717, 1.165) is 42.0 Å². The predicted octanol–water partition coefficient (Wildman–Crippen LogP) is 5.52. The number of alkyl halides is 3. The Morgan fingerprint density at radius 3 is 2.24 bits per heavy atom. The van der Waals surface area contributed by atoms with Gasteiger partial charge in [0.2, 0.25) is 0 Å². The fourth-order valence-electron chi connectivity index (χ4n) is 2.87. The van der Waals surface area contributed by atoms with Crippen LogP contribution in [0, 0.1) is 18.6 Å². The van der Waals surface area contributed by atoms with E-state index in [1.807, 2.05) is 19.1 Å². The smallest absolute Gasteiger partial charge is 0.475 e. The summed E-state index contributed by atoms with van der Waals surface area (Å²) in [6, 6.07) is 10.1. The highest BCUT2D eigenvalue weighted by Gasteiger charge is 2.38. The van der Waals surface area contributed by atoms with Crippen molar-refractivity contribution < 1.29 is 31.9 Å². The van der Waals surface area contributed by atoms with Crippen LogP contribution in [0.3, 0.4) is 0 Å². The Kier molecular flexibility index (Phi) is 8.04. The third kappa shape index (κ3) is 7.01. The molecule has 3 rings (SSSR count). The summed E-state index contributed by atoms with van der Waals surface area (Å²) in [6.45, 7) is 3.82. The largest absolute Gasteiger partial charge is 0.490 e. The third-order valence-corrected chi connectivity index (χ3v) is 5.43. The summed E-state index contributed by atoms with van der Waals surface area (Å²) in [5.41, 5.74) is 2.02. The molecule has 1 saturated heterocycles. The van der Waals surface area contributed by atoms with Crippen LogP contribution in [0.25, 0.3) is 0 Å². The summed E-state index contributed by atoms with van der Waals surface area (Å²) in [7, 11) is 0. The van der Waals surface area contributed by atoms with Crippen LogP contribution in [0.2, 0.25) is 0 Å². The van der Waals surface area contributed by atoms with Crippen LogP contribution in [-0.4, -0.2) is 30.3 Å². The molecule has 1 aliphatic rings. The fraction of sp³-hybridized carbons (Fsp3) is 0.350. The van der Waals surface area contributed by atoms with E-state index >= 15 is 0 Å². The summed E-state index contributed by atoms with van der Waals surface area (Å²) in [5, 5.41) is 10.5. The van der Waals surface area contributed by atoms with E-state index in [4.69, 9.17) is 9.90 Å². The van der Waals surface area contributed by atoms with Gasteiger partial charge in [-0.25, -0.2) is 13.6 Å². The molecule has 0 unspecified atom stereocenters. The van der Waals surface area contributed by atoms with E-state index in [1.165, 1.54) is 30.0 Å². The minimum Gasteiger partial charge on any atom is -0.475 e. The minimum absolute atomic E-state index is 0.245. The van der Waals surface area contributed by atoms with Crippen LogP contribution < -0.4 is 5.32 Å². The normalized spacial score (nSPS) is 14.8. The van der Waals surface area contributed by atoms with Gasteiger partial charge < -0.3 is 10.4 Å². The Bertz CT molecular complexity index is 851. The summed E-state index contributed by atoms with van der Waals surface area (Å²) in [6.07, 6.45) is -3.01. The van der Waals surface area contributed by atoms with Crippen molar-refractivity contribution in [2.24, 2.45) is 0 Å². The molecule has 2 N–H and O–H groups in total. The van der Waals surface area contributed by atoms with Crippen molar-refractivity contribution in [1.29, 1.82) is 0 Å². The molecule has 0 saturated carbocycles. The van der Waals surface area contributed by atoms with E-state index in [-0.39, 0.29) is 11.6 Å². The Morgan fingerprint density at radius 1 is 1.07 bits per heavy atom. The van der Waals surface area contributed by atoms with Gasteiger partial charge in [0.15, 0.2) is 0 Å². The van der Waals surface area contributed by atoms with Crippen molar-refractivity contribution in [2.45, 2.75) is 41.7 Å². The number of rotatable bonds is 3. The Labute approximate surface area is 169 Å². The lowest BCUT2D eigenvalue weighted by Gasteiger charge is -2.25. The molecule has 1 heterocycles. The van der Waals surface area contributed by atoms with Gasteiger partial charge in [-0.1, -0.05) is 23.9 Å². The van der Waals surface area contributed by atoms with Gasteiger partial charge in [-0.15, -0.1) is 0 Å². The quantitative estimate of drug-likeness (QED) is 0.626. The zero-order valence-electron chi connectivity index (χ0n) is 15.5. The Morgan fingerprint density at radius 2 is 1.69 bits per heavy atom. The number of carbonyl (C=O) groups is 1. The first-order valence-corrected chi connectivity index (χ1v) is 9.64. The van der Waals surface area contributed by atoms with Gasteiger partial charge in [0, 0.05) is 9.79 Å². The molecule has 2 aromatic carbocycles. The van der Waals surface area contributed by atoms with E-state index < -0.39 is 12.1 Å². The number of aliphatic carboxylic acids is 1. The molecule has 158 valence electrons. The monoisotopic (exact) mass is 433 g/mol. The lowest BCUT2D eigenvalue weighted by molar-refractivity contribution is -0.192. The second kappa shape index (κ2) is 10.1. The van der Waals surface area contributed by atoms with Crippen molar-refractivity contribution in [2.75, 3.05) is 13.1 Å². The average Bonchev–Trinajstić information content (AvgIpc) is 2.65. The number of hydrogen-bond donors (Lipinski definition) is 2. The van der Waals surface area contributed by atoms with Crippen LogP contribution >= 0.6 is 11.8 Å². The van der Waals surface area contributed by atoms with Gasteiger partial charge in [-0.05, 0) is 74.2 Å². The molecule has 0 atom stereocenters. The van der Waals surface area contributed by atoms with Gasteiger partial charge in [0.1, 0.15) is 11.6 Å². The summed E-state index contributed by atoms with van der Waals surface area (Å²) >= 11 is 1.32. The molecule has 3 nitrogen and oxygen atoms in total. The number of carboxylic acid groups (broad SMARTS) is 1. The van der Waals surface area contributed by atoms with E-state index in [1.54, 1.807) is 6.07 Å². The van der Waals surface area contributed by atoms with E-state index in [0.29, 0.717) is 10.8 Å². The first kappa shape index (κ1) is 23.2. The van der Waals surface area contributed by atoms with Crippen LogP contribution in [-0.2, 0) is 4.79 Å². The van der Waals surface area contributed by atoms with Crippen molar-refractivity contribution in [3.63, 3.8) is 0 Å². The minimum atomic E-state index is -5.08. The Balaban J connectivity index is 0.000000370. The van der Waals surface area contributed by atoms with Gasteiger partial charge in [0.05, 0.1) is 0 Å². The van der Waals surface area contributed by atoms with Crippen molar-refractivity contribution >= 4 is 17.7 Å². The molecule has 1 aliphatic heterocycles. The lowest BCUT2D eigenvalue weighted by Crippen LogP contribution is -2.26. The van der Waals surface area contributed by atoms with Crippen molar-refractivity contribution in [1.82, 2.24) is 5.32 Å². The van der Waals surface area contributed by atoms with Gasteiger partial charge in [-0.3, -0.25) is 0 Å². The first-order chi connectivity index (χ1) is 13.6. The van der Waals surface area contributed by atoms with E-state index in [9.17, 15) is 22.0 Å². The molecule has 0 amide bonds. The molecule has 29 heavy (non-hydrogen) atoms. The van der Waals surface area contributed by atoms with Crippen LogP contribution in [0.1, 0.15) is 29.9 Å². The summed E-state index contributed by atoms with van der Waals surface area (Å²) in [5.74, 6) is -2.86. The maximum Gasteiger partial charge on any atom is 0.490 e. The molecule has 1 fully saturated rings. The lowest BCUT2D eigenvalue weighted by atomic mass is 9.90. The number of aryl methyl sites for hydroxylation is 1. The maximum absolute atomic E-state index is 14.1. The maximum atomic E-state index is 14.1. The molecule has 9 heteroatoms. The van der Waals surface area contributed by atoms with Crippen LogP contribution in [0.4, 0.5) is 22.0 Å². The van der Waals surface area contributed by atoms with Gasteiger partial charge >= 0.3 is 12.1 Å². The standard InChI is InChI=1S/C18H19F2NS.C2HF3O2/c1-12-2-5-17(16(20)10-12)22-18-11-14(19)3-4-15(18)13-6-8-21-9-7-13;3-2(4,5)1(6)7/h2-5,10-11,13,21H,6-9H2,1H3;(H,6,7). The molecular formula is C20H20F5NO2S. The number of piperidine rings is 1. The fourth-order valence-corrected chi connectivity index (χ4v) is 3.93. The zero-order valence-corrected chi connectivity index (χ0v) is 16.3. The molecular weight excluding hydrogens is 413 g/mol. The number of halogens is 5. The second-order valence-electron chi connectivity index (χ2n) is 6.55. The Hall–Kier alpha value is -2.13. The van der Waals surface area contributed by atoms with Crippen molar-refractivity contribution in [3.05, 3.63) is 59.2 Å². The summed E-state index contributed by atoms with van der Waals surface area (Å²) < 4.78 is 59.5. The van der Waals surface area contributed by atoms with Gasteiger partial charge in [0.25, 0.3) is 0 Å². The topological polar surface area (TPSA) is 49.3 Å². The molecule has 0 radical (unpaired) electrons. The molecule has 0 aliphatic carbocycles. The number of benzene rings is 2. The number of carboxylic acids is 1. The molecule has 0 aromatic heterocycles. The molecule has 0 spiro atoms. The van der Waals surface area contributed by atoms with Gasteiger partial charge in [-0.2, -0.15) is 13.2 Å². The SMILES string of the molecule is Cc1ccc(Sc2cc(F)ccc2C2CCNCC2)c(F)c1.O=C(O)C(F)(F)F. The number of nitrogens with one attached hydrogen (secondary N) is 1. The molecule has 0 bridgehead atoms. The first-order valence-electron chi connectivity index (χ1n) is 8.82. The predicted molar refractivity (Wildman–Crippen MR) is 100 cm³/mol. The number of hydrogen-bond acceptors (Lipinski definition) is 3. The van der Waals surface area contributed by atoms with Crippen LogP contribution in [0.15, 0.2) is 46.2 Å². The van der Waals surface area contributed by atoms with E-state index in [2.05, 4.69) is 5.32 Å². The zero-order chi connectivity index (χ0) is 21.6. The highest BCUT2D eigenvalue weighted by Crippen LogP contribution is 2.38. The van der Waals surface area contributed by atoms with Crippen molar-refractivity contribution in [3.8, 4) is 0 Å². The average molecular weight is 433 g/mol.